The Kier molecular flexibility index (Phi) is 4.46. The van der Waals surface area contributed by atoms with Gasteiger partial charge in [0.15, 0.2) is 24.9 Å². The van der Waals surface area contributed by atoms with E-state index in [4.69, 9.17) is 18.9 Å². The molecule has 4 unspecified atom stereocenters. The molecule has 4 rings (SSSR count). The van der Waals surface area contributed by atoms with Crippen LogP contribution in [0.15, 0.2) is 0 Å². The van der Waals surface area contributed by atoms with Gasteiger partial charge < -0.3 is 18.9 Å². The summed E-state index contributed by atoms with van der Waals surface area (Å²) in [5, 5.41) is 0. The summed E-state index contributed by atoms with van der Waals surface area (Å²) < 4.78 is 23.9. The van der Waals surface area contributed by atoms with Gasteiger partial charge in [0.25, 0.3) is 0 Å². The molecule has 4 aliphatic rings. The molecule has 4 saturated heterocycles. The van der Waals surface area contributed by atoms with Crippen LogP contribution >= 0.6 is 0 Å². The van der Waals surface area contributed by atoms with E-state index in [-0.39, 0.29) is 12.1 Å². The Balaban J connectivity index is 1.48. The minimum atomic E-state index is -0.751. The molecule has 0 aromatic heterocycles. The molecule has 0 aromatic rings. The van der Waals surface area contributed by atoms with Crippen LogP contribution in [0.3, 0.4) is 0 Å². The van der Waals surface area contributed by atoms with Crippen LogP contribution in [0.25, 0.3) is 0 Å². The number of ether oxygens (including phenoxy) is 4. The van der Waals surface area contributed by atoms with Crippen LogP contribution in [0.1, 0.15) is 27.7 Å². The standard InChI is InChI=1S/C16H26N4O6/c1-5-17-9-10(18(6-2)15(17)21)24-13(23-9)14-25-11-12(26-14)20(8-4)16(22)19(11)7-3/h9-14H,5-8H2,1-4H3. The van der Waals surface area contributed by atoms with Crippen LogP contribution < -0.4 is 0 Å². The first-order valence-electron chi connectivity index (χ1n) is 9.31. The maximum absolute atomic E-state index is 12.3. The molecule has 10 heteroatoms. The summed E-state index contributed by atoms with van der Waals surface area (Å²) in [7, 11) is 0. The molecular weight excluding hydrogens is 344 g/mol. The lowest BCUT2D eigenvalue weighted by Crippen LogP contribution is -2.42. The van der Waals surface area contributed by atoms with Crippen LogP contribution in [0.4, 0.5) is 9.59 Å². The predicted molar refractivity (Wildman–Crippen MR) is 87.4 cm³/mol. The van der Waals surface area contributed by atoms with Crippen molar-refractivity contribution in [2.24, 2.45) is 0 Å². The molecule has 4 aliphatic heterocycles. The van der Waals surface area contributed by atoms with Crippen molar-refractivity contribution in [1.29, 1.82) is 0 Å². The maximum Gasteiger partial charge on any atom is 0.324 e. The quantitative estimate of drug-likeness (QED) is 0.704. The molecule has 4 amide bonds. The highest BCUT2D eigenvalue weighted by molar-refractivity contribution is 5.78. The molecule has 4 atom stereocenters. The Bertz CT molecular complexity index is 497. The number of hydrogen-bond donors (Lipinski definition) is 0. The van der Waals surface area contributed by atoms with E-state index in [9.17, 15) is 9.59 Å². The SMILES string of the molecule is CCN1C(=O)N(CC)C2OC(C3OC4C(O3)N(CC)C(=O)N4CC)OC21. The van der Waals surface area contributed by atoms with Crippen molar-refractivity contribution in [2.75, 3.05) is 26.2 Å². The van der Waals surface area contributed by atoms with Gasteiger partial charge in [-0.1, -0.05) is 0 Å². The summed E-state index contributed by atoms with van der Waals surface area (Å²) in [5.41, 5.74) is 0. The minimum absolute atomic E-state index is 0.0894. The van der Waals surface area contributed by atoms with Crippen LogP contribution in [0.5, 0.6) is 0 Å². The normalized spacial score (nSPS) is 39.4. The van der Waals surface area contributed by atoms with Crippen LogP contribution in [0, 0.1) is 0 Å². The van der Waals surface area contributed by atoms with Crippen LogP contribution in [-0.2, 0) is 18.9 Å². The fourth-order valence-corrected chi connectivity index (χ4v) is 4.08. The first-order valence-corrected chi connectivity index (χ1v) is 9.31. The van der Waals surface area contributed by atoms with E-state index in [1.165, 1.54) is 0 Å². The first-order chi connectivity index (χ1) is 12.5. The average molecular weight is 370 g/mol. The fraction of sp³-hybridized carbons (Fsp3) is 0.875. The van der Waals surface area contributed by atoms with E-state index in [1.54, 1.807) is 19.6 Å². The van der Waals surface area contributed by atoms with Crippen LogP contribution in [0.2, 0.25) is 0 Å². The topological polar surface area (TPSA) is 84.0 Å². The van der Waals surface area contributed by atoms with E-state index in [0.29, 0.717) is 26.2 Å². The smallest absolute Gasteiger partial charge is 0.319 e. The second-order valence-corrected chi connectivity index (χ2v) is 6.55. The Morgan fingerprint density at radius 1 is 0.577 bits per heavy atom. The number of likely N-dealkylation sites (N-methyl/N-ethyl adjacent to an activating group) is 4. The van der Waals surface area contributed by atoms with Crippen molar-refractivity contribution in [1.82, 2.24) is 19.6 Å². The van der Waals surface area contributed by atoms with Crippen molar-refractivity contribution >= 4 is 12.1 Å². The third-order valence-corrected chi connectivity index (χ3v) is 5.38. The zero-order chi connectivity index (χ0) is 18.6. The van der Waals surface area contributed by atoms with Gasteiger partial charge in [-0.25, -0.2) is 9.59 Å². The molecule has 0 bridgehead atoms. The molecular formula is C16H26N4O6. The summed E-state index contributed by atoms with van der Waals surface area (Å²) >= 11 is 0. The molecule has 0 saturated carbocycles. The summed E-state index contributed by atoms with van der Waals surface area (Å²) in [6, 6.07) is -0.179. The monoisotopic (exact) mass is 370 g/mol. The third kappa shape index (κ3) is 2.32. The van der Waals surface area contributed by atoms with Crippen molar-refractivity contribution < 1.29 is 28.5 Å². The van der Waals surface area contributed by atoms with E-state index in [2.05, 4.69) is 0 Å². The lowest BCUT2D eigenvalue weighted by Gasteiger charge is -2.26. The van der Waals surface area contributed by atoms with Gasteiger partial charge in [0.1, 0.15) is 0 Å². The molecule has 4 heterocycles. The van der Waals surface area contributed by atoms with Crippen molar-refractivity contribution in [3.8, 4) is 0 Å². The van der Waals surface area contributed by atoms with E-state index in [0.717, 1.165) is 0 Å². The molecule has 0 radical (unpaired) electrons. The highest BCUT2D eigenvalue weighted by atomic mass is 16.8. The Morgan fingerprint density at radius 3 is 1.00 bits per heavy atom. The molecule has 26 heavy (non-hydrogen) atoms. The van der Waals surface area contributed by atoms with Gasteiger partial charge in [-0.2, -0.15) is 0 Å². The fourth-order valence-electron chi connectivity index (χ4n) is 4.08. The molecule has 0 aliphatic carbocycles. The zero-order valence-electron chi connectivity index (χ0n) is 15.5. The number of nitrogens with zero attached hydrogens (tertiary/aromatic N) is 4. The number of rotatable bonds is 5. The van der Waals surface area contributed by atoms with Gasteiger partial charge in [-0.3, -0.25) is 19.6 Å². The van der Waals surface area contributed by atoms with E-state index >= 15 is 0 Å². The number of urea groups is 2. The zero-order valence-corrected chi connectivity index (χ0v) is 15.5. The van der Waals surface area contributed by atoms with E-state index in [1.807, 2.05) is 27.7 Å². The summed E-state index contributed by atoms with van der Waals surface area (Å²) in [4.78, 5) is 31.3. The highest BCUT2D eigenvalue weighted by Crippen LogP contribution is 2.39. The lowest BCUT2D eigenvalue weighted by molar-refractivity contribution is -0.242. The van der Waals surface area contributed by atoms with Crippen molar-refractivity contribution in [2.45, 2.75) is 65.2 Å². The Morgan fingerprint density at radius 2 is 0.808 bits per heavy atom. The van der Waals surface area contributed by atoms with Crippen molar-refractivity contribution in [3.05, 3.63) is 0 Å². The third-order valence-electron chi connectivity index (χ3n) is 5.38. The molecule has 146 valence electrons. The van der Waals surface area contributed by atoms with Gasteiger partial charge in [-0.05, 0) is 27.7 Å². The van der Waals surface area contributed by atoms with Crippen molar-refractivity contribution in [3.63, 3.8) is 0 Å². The molecule has 4 fully saturated rings. The maximum atomic E-state index is 12.3. The Hall–Kier alpha value is -1.62. The first kappa shape index (κ1) is 17.8. The summed E-state index contributed by atoms with van der Waals surface area (Å²) in [6.07, 6.45) is -3.40. The van der Waals surface area contributed by atoms with E-state index < -0.39 is 37.5 Å². The van der Waals surface area contributed by atoms with Crippen LogP contribution in [-0.4, -0.2) is 95.3 Å². The van der Waals surface area contributed by atoms with Gasteiger partial charge in [0.2, 0.25) is 12.6 Å². The number of fused-ring (bicyclic) bond motifs is 2. The number of carbonyl (C=O) groups excluding carboxylic acids is 2. The van der Waals surface area contributed by atoms with Gasteiger partial charge in [0.05, 0.1) is 0 Å². The number of hydrogen-bond acceptors (Lipinski definition) is 6. The number of amides is 4. The second-order valence-electron chi connectivity index (χ2n) is 6.55. The summed E-state index contributed by atoms with van der Waals surface area (Å²) in [5.74, 6) is 0. The highest BCUT2D eigenvalue weighted by Gasteiger charge is 2.59. The molecule has 0 N–H and O–H groups in total. The summed E-state index contributed by atoms with van der Waals surface area (Å²) in [6.45, 7) is 9.75. The second kappa shape index (κ2) is 6.52. The Labute approximate surface area is 152 Å². The van der Waals surface area contributed by atoms with Gasteiger partial charge >= 0.3 is 12.1 Å². The lowest BCUT2D eigenvalue weighted by atomic mass is 10.4. The minimum Gasteiger partial charge on any atom is -0.319 e. The molecule has 0 aromatic carbocycles. The predicted octanol–water partition coefficient (Wildman–Crippen LogP) is 0.591. The average Bonchev–Trinajstić information content (AvgIpc) is 3.32. The van der Waals surface area contributed by atoms with Gasteiger partial charge in [-0.15, -0.1) is 0 Å². The largest absolute Gasteiger partial charge is 0.324 e. The number of carbonyl (C=O) groups is 2. The van der Waals surface area contributed by atoms with Gasteiger partial charge in [0, 0.05) is 26.2 Å². The molecule has 10 nitrogen and oxygen atoms in total. The molecule has 0 spiro atoms.